The van der Waals surface area contributed by atoms with Gasteiger partial charge < -0.3 is 14.6 Å². The standard InChI is InChI=1S/C16H19NO3/c1-2-9-19-16-13(18)10-15(16)20-14-7-3-6-12-11(14)5-4-8-17-12/h3-8,13,15-16,18H,2,9-10H2,1H3. The van der Waals surface area contributed by atoms with Crippen LogP contribution in [0.4, 0.5) is 0 Å². The van der Waals surface area contributed by atoms with Gasteiger partial charge in [-0.15, -0.1) is 0 Å². The van der Waals surface area contributed by atoms with Crippen LogP contribution in [-0.4, -0.2) is 35.0 Å². The van der Waals surface area contributed by atoms with E-state index in [2.05, 4.69) is 11.9 Å². The first kappa shape index (κ1) is 13.3. The van der Waals surface area contributed by atoms with Crippen molar-refractivity contribution in [1.29, 1.82) is 0 Å². The molecular formula is C16H19NO3. The molecule has 4 nitrogen and oxygen atoms in total. The molecule has 0 bridgehead atoms. The lowest BCUT2D eigenvalue weighted by Crippen LogP contribution is -2.55. The molecule has 4 heteroatoms. The maximum atomic E-state index is 9.78. The van der Waals surface area contributed by atoms with Crippen LogP contribution in [-0.2, 0) is 4.74 Å². The van der Waals surface area contributed by atoms with E-state index in [0.717, 1.165) is 23.1 Å². The van der Waals surface area contributed by atoms with Gasteiger partial charge in [-0.25, -0.2) is 0 Å². The molecule has 0 aliphatic heterocycles. The molecule has 106 valence electrons. The molecule has 0 amide bonds. The number of aromatic nitrogens is 1. The number of hydrogen-bond acceptors (Lipinski definition) is 4. The molecule has 1 saturated carbocycles. The Labute approximate surface area is 118 Å². The van der Waals surface area contributed by atoms with Crippen molar-refractivity contribution in [1.82, 2.24) is 4.98 Å². The summed E-state index contributed by atoms with van der Waals surface area (Å²) in [7, 11) is 0. The Hall–Kier alpha value is -1.65. The van der Waals surface area contributed by atoms with E-state index in [9.17, 15) is 5.11 Å². The number of ether oxygens (including phenoxy) is 2. The third-order valence-electron chi connectivity index (χ3n) is 3.62. The average molecular weight is 273 g/mol. The quantitative estimate of drug-likeness (QED) is 0.909. The van der Waals surface area contributed by atoms with E-state index >= 15 is 0 Å². The number of nitrogens with zero attached hydrogens (tertiary/aromatic N) is 1. The second kappa shape index (κ2) is 5.77. The maximum absolute atomic E-state index is 9.78. The van der Waals surface area contributed by atoms with E-state index < -0.39 is 6.10 Å². The highest BCUT2D eigenvalue weighted by Gasteiger charge is 2.42. The molecule has 1 aromatic carbocycles. The first-order chi connectivity index (χ1) is 9.79. The minimum atomic E-state index is -0.417. The van der Waals surface area contributed by atoms with Gasteiger partial charge in [0.05, 0.1) is 11.6 Å². The van der Waals surface area contributed by atoms with Crippen molar-refractivity contribution in [3.8, 4) is 5.75 Å². The molecule has 20 heavy (non-hydrogen) atoms. The van der Waals surface area contributed by atoms with Crippen LogP contribution in [0.15, 0.2) is 36.5 Å². The molecule has 2 aromatic rings. The van der Waals surface area contributed by atoms with Crippen molar-refractivity contribution < 1.29 is 14.6 Å². The van der Waals surface area contributed by atoms with Crippen LogP contribution in [0.3, 0.4) is 0 Å². The summed E-state index contributed by atoms with van der Waals surface area (Å²) >= 11 is 0. The summed E-state index contributed by atoms with van der Waals surface area (Å²) in [6.07, 6.45) is 2.61. The van der Waals surface area contributed by atoms with E-state index in [1.807, 2.05) is 30.3 Å². The van der Waals surface area contributed by atoms with Gasteiger partial charge in [-0.2, -0.15) is 0 Å². The van der Waals surface area contributed by atoms with Gasteiger partial charge >= 0.3 is 0 Å². The van der Waals surface area contributed by atoms with Gasteiger partial charge in [0.15, 0.2) is 0 Å². The molecule has 0 spiro atoms. The summed E-state index contributed by atoms with van der Waals surface area (Å²) < 4.78 is 11.7. The molecule has 0 saturated heterocycles. The number of rotatable bonds is 5. The number of hydrogen-bond donors (Lipinski definition) is 1. The molecule has 1 aromatic heterocycles. The average Bonchev–Trinajstić information content (AvgIpc) is 2.47. The monoisotopic (exact) mass is 273 g/mol. The van der Waals surface area contributed by atoms with Gasteiger partial charge in [-0.1, -0.05) is 13.0 Å². The lowest BCUT2D eigenvalue weighted by Gasteiger charge is -2.40. The topological polar surface area (TPSA) is 51.6 Å². The third-order valence-corrected chi connectivity index (χ3v) is 3.62. The molecule has 1 heterocycles. The minimum absolute atomic E-state index is 0.0812. The van der Waals surface area contributed by atoms with E-state index in [1.54, 1.807) is 6.20 Å². The first-order valence-electron chi connectivity index (χ1n) is 7.09. The highest BCUT2D eigenvalue weighted by Crippen LogP contribution is 2.32. The molecule has 3 unspecified atom stereocenters. The van der Waals surface area contributed by atoms with Gasteiger partial charge in [-0.3, -0.25) is 4.98 Å². The van der Waals surface area contributed by atoms with Gasteiger partial charge in [-0.05, 0) is 30.7 Å². The second-order valence-corrected chi connectivity index (χ2v) is 5.12. The second-order valence-electron chi connectivity index (χ2n) is 5.12. The van der Waals surface area contributed by atoms with Crippen LogP contribution in [0.1, 0.15) is 19.8 Å². The zero-order valence-corrected chi connectivity index (χ0v) is 11.5. The summed E-state index contributed by atoms with van der Waals surface area (Å²) in [5.74, 6) is 0.803. The SMILES string of the molecule is CCCOC1C(O)CC1Oc1cccc2ncccc12. The van der Waals surface area contributed by atoms with Crippen LogP contribution < -0.4 is 4.74 Å². The summed E-state index contributed by atoms with van der Waals surface area (Å²) in [5, 5.41) is 10.8. The van der Waals surface area contributed by atoms with E-state index in [-0.39, 0.29) is 12.2 Å². The Morgan fingerprint density at radius 3 is 3.00 bits per heavy atom. The molecule has 1 aliphatic carbocycles. The first-order valence-corrected chi connectivity index (χ1v) is 7.09. The smallest absolute Gasteiger partial charge is 0.130 e. The van der Waals surface area contributed by atoms with Crippen molar-refractivity contribution in [2.75, 3.05) is 6.61 Å². The zero-order chi connectivity index (χ0) is 13.9. The van der Waals surface area contributed by atoms with Crippen molar-refractivity contribution in [2.45, 2.75) is 38.1 Å². The van der Waals surface area contributed by atoms with Crippen LogP contribution >= 0.6 is 0 Å². The van der Waals surface area contributed by atoms with E-state index in [4.69, 9.17) is 9.47 Å². The van der Waals surface area contributed by atoms with Gasteiger partial charge in [0.25, 0.3) is 0 Å². The van der Waals surface area contributed by atoms with Crippen molar-refractivity contribution in [3.63, 3.8) is 0 Å². The predicted octanol–water partition coefficient (Wildman–Crippen LogP) is 2.54. The van der Waals surface area contributed by atoms with Gasteiger partial charge in [0, 0.05) is 24.6 Å². The number of aliphatic hydroxyl groups excluding tert-OH is 1. The highest BCUT2D eigenvalue weighted by molar-refractivity contribution is 5.84. The van der Waals surface area contributed by atoms with Crippen LogP contribution in [0.5, 0.6) is 5.75 Å². The van der Waals surface area contributed by atoms with Crippen LogP contribution in [0.25, 0.3) is 10.9 Å². The summed E-state index contributed by atoms with van der Waals surface area (Å²) in [6, 6.07) is 9.72. The Morgan fingerprint density at radius 1 is 1.30 bits per heavy atom. The molecular weight excluding hydrogens is 254 g/mol. The molecule has 1 aliphatic rings. The molecule has 3 atom stereocenters. The van der Waals surface area contributed by atoms with E-state index in [1.165, 1.54) is 0 Å². The molecule has 1 N–H and O–H groups in total. The predicted molar refractivity (Wildman–Crippen MR) is 76.8 cm³/mol. The van der Waals surface area contributed by atoms with Gasteiger partial charge in [0.2, 0.25) is 0 Å². The number of benzene rings is 1. The molecule has 1 fully saturated rings. The molecule has 0 radical (unpaired) electrons. The fraction of sp³-hybridized carbons (Fsp3) is 0.438. The summed E-state index contributed by atoms with van der Waals surface area (Å²) in [6.45, 7) is 2.70. The zero-order valence-electron chi connectivity index (χ0n) is 11.5. The Kier molecular flexibility index (Phi) is 3.85. The Balaban J connectivity index is 1.76. The highest BCUT2D eigenvalue weighted by atomic mass is 16.6. The number of aliphatic hydroxyl groups is 1. The minimum Gasteiger partial charge on any atom is -0.487 e. The lowest BCUT2D eigenvalue weighted by atomic mass is 9.88. The van der Waals surface area contributed by atoms with E-state index in [0.29, 0.717) is 13.0 Å². The summed E-state index contributed by atoms with van der Waals surface area (Å²) in [4.78, 5) is 4.32. The number of fused-ring (bicyclic) bond motifs is 1. The summed E-state index contributed by atoms with van der Waals surface area (Å²) in [5.41, 5.74) is 0.913. The van der Waals surface area contributed by atoms with Crippen molar-refractivity contribution in [2.24, 2.45) is 0 Å². The lowest BCUT2D eigenvalue weighted by molar-refractivity contribution is -0.162. The Bertz CT molecular complexity index is 581. The largest absolute Gasteiger partial charge is 0.487 e. The Morgan fingerprint density at radius 2 is 2.20 bits per heavy atom. The van der Waals surface area contributed by atoms with Gasteiger partial charge in [0.1, 0.15) is 18.0 Å². The number of pyridine rings is 1. The van der Waals surface area contributed by atoms with Crippen molar-refractivity contribution in [3.05, 3.63) is 36.5 Å². The fourth-order valence-corrected chi connectivity index (χ4v) is 2.49. The van der Waals surface area contributed by atoms with Crippen molar-refractivity contribution >= 4 is 10.9 Å². The normalized spacial score (nSPS) is 25.4. The fourth-order valence-electron chi connectivity index (χ4n) is 2.49. The van der Waals surface area contributed by atoms with Crippen LogP contribution in [0.2, 0.25) is 0 Å². The van der Waals surface area contributed by atoms with Crippen LogP contribution in [0, 0.1) is 0 Å². The molecule has 3 rings (SSSR count). The third kappa shape index (κ3) is 2.49. The maximum Gasteiger partial charge on any atom is 0.130 e.